The number of para-hydroxylation sites is 2. The van der Waals surface area contributed by atoms with E-state index in [1.165, 1.54) is 0 Å². The molecule has 0 radical (unpaired) electrons. The van der Waals surface area contributed by atoms with Crippen molar-refractivity contribution in [1.29, 1.82) is 0 Å². The molecule has 1 aliphatic rings. The fourth-order valence-electron chi connectivity index (χ4n) is 5.05. The van der Waals surface area contributed by atoms with Crippen LogP contribution in [0.2, 0.25) is 0 Å². The van der Waals surface area contributed by atoms with Crippen LogP contribution in [-0.4, -0.2) is 28.7 Å². The predicted octanol–water partition coefficient (Wildman–Crippen LogP) is 6.09. The lowest BCUT2D eigenvalue weighted by molar-refractivity contribution is -0.0937. The van der Waals surface area contributed by atoms with Crippen LogP contribution in [0.3, 0.4) is 0 Å². The van der Waals surface area contributed by atoms with Crippen LogP contribution in [0.1, 0.15) is 27.7 Å². The van der Waals surface area contributed by atoms with E-state index in [0.717, 1.165) is 55.0 Å². The summed E-state index contributed by atoms with van der Waals surface area (Å²) in [6.07, 6.45) is 0. The quantitative estimate of drug-likeness (QED) is 0.286. The number of pyridine rings is 1. The van der Waals surface area contributed by atoms with Crippen LogP contribution in [0, 0.1) is 5.41 Å². The molecule has 6 aromatic rings. The molecule has 3 aromatic heterocycles. The van der Waals surface area contributed by atoms with Gasteiger partial charge in [-0.05, 0) is 43.6 Å². The van der Waals surface area contributed by atoms with Crippen LogP contribution in [0.25, 0.3) is 49.5 Å². The van der Waals surface area contributed by atoms with E-state index >= 15 is 0 Å². The van der Waals surface area contributed by atoms with E-state index < -0.39 is 7.12 Å². The summed E-state index contributed by atoms with van der Waals surface area (Å²) in [5.74, 6) is 0. The maximum Gasteiger partial charge on any atom is 0.494 e. The van der Waals surface area contributed by atoms with E-state index in [-0.39, 0.29) is 11.0 Å². The molecule has 0 unspecified atom stereocenters. The SMILES string of the molecule is CC1(C)COB(c2ccc3oc4c5ccccc5c5nc6ccccc6n5c4c3c2)OC1(C)C. The standard InChI is InChI=1S/C28H25BN2O3/c1-27(2)16-32-29(34-28(27,3)4)17-13-14-23-20(15-17)24-25(33-23)18-9-5-6-10-19(18)26-30-21-11-7-8-12-22(21)31(24)26/h5-15H,16H2,1-4H3. The van der Waals surface area contributed by atoms with Crippen LogP contribution in [0.5, 0.6) is 0 Å². The molecule has 0 aliphatic carbocycles. The van der Waals surface area contributed by atoms with Gasteiger partial charge in [0.2, 0.25) is 0 Å². The Labute approximate surface area is 197 Å². The summed E-state index contributed by atoms with van der Waals surface area (Å²) in [6, 6.07) is 22.8. The molecule has 0 bridgehead atoms. The molecule has 0 atom stereocenters. The van der Waals surface area contributed by atoms with Crippen LogP contribution >= 0.6 is 0 Å². The number of fused-ring (bicyclic) bond motifs is 10. The zero-order valence-corrected chi connectivity index (χ0v) is 19.8. The normalized spacial score (nSPS) is 18.1. The minimum absolute atomic E-state index is 0.0727. The Balaban J connectivity index is 1.55. The third-order valence-electron chi connectivity index (χ3n) is 7.78. The van der Waals surface area contributed by atoms with Gasteiger partial charge in [0, 0.05) is 28.2 Å². The Kier molecular flexibility index (Phi) is 3.91. The smallest absolute Gasteiger partial charge is 0.454 e. The molecule has 0 spiro atoms. The van der Waals surface area contributed by atoms with Crippen molar-refractivity contribution in [2.45, 2.75) is 33.3 Å². The van der Waals surface area contributed by atoms with Gasteiger partial charge in [0.05, 0.1) is 16.6 Å². The second-order valence-corrected chi connectivity index (χ2v) is 10.5. The lowest BCUT2D eigenvalue weighted by Crippen LogP contribution is -2.58. The van der Waals surface area contributed by atoms with E-state index in [9.17, 15) is 0 Å². The second-order valence-electron chi connectivity index (χ2n) is 10.5. The fraction of sp³-hybridized carbons (Fsp3) is 0.250. The van der Waals surface area contributed by atoms with E-state index in [4.69, 9.17) is 18.7 Å². The monoisotopic (exact) mass is 448 g/mol. The van der Waals surface area contributed by atoms with Gasteiger partial charge in [-0.2, -0.15) is 0 Å². The maximum absolute atomic E-state index is 6.48. The minimum atomic E-state index is -0.423. The summed E-state index contributed by atoms with van der Waals surface area (Å²) in [6.45, 7) is 9.28. The Morgan fingerprint density at radius 2 is 1.65 bits per heavy atom. The molecule has 4 heterocycles. The summed E-state index contributed by atoms with van der Waals surface area (Å²) < 4.78 is 21.4. The van der Waals surface area contributed by atoms with Crippen LogP contribution in [-0.2, 0) is 9.31 Å². The highest BCUT2D eigenvalue weighted by molar-refractivity contribution is 6.62. The van der Waals surface area contributed by atoms with Gasteiger partial charge in [-0.3, -0.25) is 4.40 Å². The zero-order valence-electron chi connectivity index (χ0n) is 19.8. The summed E-state index contributed by atoms with van der Waals surface area (Å²) >= 11 is 0. The molecule has 0 amide bonds. The number of hydrogen-bond acceptors (Lipinski definition) is 4. The number of rotatable bonds is 1. The molecule has 1 fully saturated rings. The lowest BCUT2D eigenvalue weighted by atomic mass is 9.69. The summed E-state index contributed by atoms with van der Waals surface area (Å²) in [5.41, 5.74) is 6.30. The Morgan fingerprint density at radius 1 is 0.882 bits per heavy atom. The first-order chi connectivity index (χ1) is 16.3. The molecule has 3 aromatic carbocycles. The first kappa shape index (κ1) is 20.1. The Morgan fingerprint density at radius 3 is 2.47 bits per heavy atom. The van der Waals surface area contributed by atoms with E-state index in [1.54, 1.807) is 0 Å². The van der Waals surface area contributed by atoms with Crippen molar-refractivity contribution in [2.75, 3.05) is 6.61 Å². The Bertz CT molecular complexity index is 1760. The van der Waals surface area contributed by atoms with Gasteiger partial charge >= 0.3 is 7.12 Å². The summed E-state index contributed by atoms with van der Waals surface area (Å²) in [5, 5.41) is 3.17. The fourth-order valence-corrected chi connectivity index (χ4v) is 5.05. The number of imidazole rings is 1. The van der Waals surface area contributed by atoms with Crippen molar-refractivity contribution < 1.29 is 13.7 Å². The van der Waals surface area contributed by atoms with Gasteiger partial charge < -0.3 is 13.7 Å². The van der Waals surface area contributed by atoms with Crippen molar-refractivity contribution in [3.63, 3.8) is 0 Å². The van der Waals surface area contributed by atoms with E-state index in [0.29, 0.717) is 6.61 Å². The van der Waals surface area contributed by atoms with Crippen molar-refractivity contribution >= 4 is 62.1 Å². The molecule has 0 N–H and O–H groups in total. The minimum Gasteiger partial charge on any atom is -0.454 e. The highest BCUT2D eigenvalue weighted by Gasteiger charge is 2.47. The molecule has 34 heavy (non-hydrogen) atoms. The highest BCUT2D eigenvalue weighted by Crippen LogP contribution is 2.40. The van der Waals surface area contributed by atoms with Gasteiger partial charge in [0.25, 0.3) is 0 Å². The highest BCUT2D eigenvalue weighted by atomic mass is 16.6. The largest absolute Gasteiger partial charge is 0.494 e. The van der Waals surface area contributed by atoms with Crippen molar-refractivity contribution in [3.05, 3.63) is 66.7 Å². The molecule has 168 valence electrons. The van der Waals surface area contributed by atoms with Crippen molar-refractivity contribution in [2.24, 2.45) is 5.41 Å². The molecule has 1 saturated heterocycles. The number of aromatic nitrogens is 2. The second kappa shape index (κ2) is 6.62. The van der Waals surface area contributed by atoms with Gasteiger partial charge in [0.1, 0.15) is 16.7 Å². The van der Waals surface area contributed by atoms with Gasteiger partial charge in [0.15, 0.2) is 5.58 Å². The lowest BCUT2D eigenvalue weighted by Gasteiger charge is -2.47. The van der Waals surface area contributed by atoms with Crippen LogP contribution in [0.15, 0.2) is 71.1 Å². The third kappa shape index (κ3) is 2.61. The zero-order chi connectivity index (χ0) is 23.2. The molecular weight excluding hydrogens is 423 g/mol. The average Bonchev–Trinajstić information content (AvgIpc) is 3.39. The van der Waals surface area contributed by atoms with Gasteiger partial charge in [-0.1, -0.05) is 56.3 Å². The number of benzene rings is 3. The summed E-state index contributed by atoms with van der Waals surface area (Å²) in [4.78, 5) is 5.00. The maximum atomic E-state index is 6.48. The number of nitrogens with zero attached hydrogens (tertiary/aromatic N) is 2. The van der Waals surface area contributed by atoms with Crippen molar-refractivity contribution in [3.8, 4) is 0 Å². The average molecular weight is 448 g/mol. The Hall–Kier alpha value is -3.35. The molecule has 7 rings (SSSR count). The molecule has 0 saturated carbocycles. The van der Waals surface area contributed by atoms with Gasteiger partial charge in [-0.15, -0.1) is 0 Å². The third-order valence-corrected chi connectivity index (χ3v) is 7.78. The first-order valence-corrected chi connectivity index (χ1v) is 11.8. The molecule has 5 nitrogen and oxygen atoms in total. The molecule has 6 heteroatoms. The van der Waals surface area contributed by atoms with Gasteiger partial charge in [-0.25, -0.2) is 4.98 Å². The molecule has 1 aliphatic heterocycles. The van der Waals surface area contributed by atoms with Crippen LogP contribution in [0.4, 0.5) is 0 Å². The number of furan rings is 1. The predicted molar refractivity (Wildman–Crippen MR) is 138 cm³/mol. The topological polar surface area (TPSA) is 48.9 Å². The van der Waals surface area contributed by atoms with Crippen molar-refractivity contribution in [1.82, 2.24) is 9.38 Å². The first-order valence-electron chi connectivity index (χ1n) is 11.8. The molecular formula is C28H25BN2O3. The van der Waals surface area contributed by atoms with Crippen LogP contribution < -0.4 is 5.46 Å². The summed E-state index contributed by atoms with van der Waals surface area (Å²) in [7, 11) is -0.423. The van der Waals surface area contributed by atoms with E-state index in [1.807, 2.05) is 18.2 Å². The number of hydrogen-bond donors (Lipinski definition) is 0. The van der Waals surface area contributed by atoms with E-state index in [2.05, 4.69) is 80.6 Å².